The number of anilines is 4. The van der Waals surface area contributed by atoms with Crippen molar-refractivity contribution in [1.29, 1.82) is 0 Å². The van der Waals surface area contributed by atoms with E-state index in [4.69, 9.17) is 14.5 Å². The molecule has 310 valence electrons. The molecule has 18 heteroatoms. The Bertz CT molecular complexity index is 2190. The fourth-order valence-corrected chi connectivity index (χ4v) is 8.08. The Labute approximate surface area is 340 Å². The first-order chi connectivity index (χ1) is 28.5. The Morgan fingerprint density at radius 3 is 2.44 bits per heavy atom. The van der Waals surface area contributed by atoms with Crippen LogP contribution in [-0.2, 0) is 19.2 Å². The van der Waals surface area contributed by atoms with Gasteiger partial charge in [-0.1, -0.05) is 25.8 Å². The van der Waals surface area contributed by atoms with E-state index in [1.54, 1.807) is 36.3 Å². The first-order valence-corrected chi connectivity index (χ1v) is 19.9. The van der Waals surface area contributed by atoms with Crippen molar-refractivity contribution in [1.82, 2.24) is 30.8 Å². The summed E-state index contributed by atoms with van der Waals surface area (Å²) in [5.41, 5.74) is 1.63. The standard InChI is InChI=1S/C41H47N9O9/c1-4-27-39(56)48(2)29-21-44-41(47-35(29)49(27)24-10-5-6-11-24)45-26-15-14-23(20-31(26)58-3)36(53)43-19-8-7-18-42-33(52)22-59-30-13-9-12-25-34(30)40(57)50(38(25)55)28-16-17-32(51)46-37(28)54/h9,12-15,20-21,24,27-28H,4-8,10-11,16-19,22H2,1-3H3,(H,42,52)(H,43,53)(H,44,45,47)(H,46,51,54)/t27-,28?/m1/s1. The normalized spacial score (nSPS) is 19.0. The van der Waals surface area contributed by atoms with E-state index in [0.29, 0.717) is 61.0 Å². The van der Waals surface area contributed by atoms with Gasteiger partial charge in [-0.25, -0.2) is 4.98 Å². The second kappa shape index (κ2) is 17.5. The largest absolute Gasteiger partial charge is 0.495 e. The molecule has 1 saturated heterocycles. The van der Waals surface area contributed by atoms with Crippen LogP contribution in [0.1, 0.15) is 95.8 Å². The summed E-state index contributed by atoms with van der Waals surface area (Å²) in [4.78, 5) is 103. The molecule has 2 fully saturated rings. The molecule has 1 saturated carbocycles. The lowest BCUT2D eigenvalue weighted by molar-refractivity contribution is -0.136. The number of aromatic nitrogens is 2. The minimum Gasteiger partial charge on any atom is -0.495 e. The number of likely N-dealkylation sites (N-methyl/N-ethyl adjacent to an activating group) is 1. The third kappa shape index (κ3) is 8.24. The van der Waals surface area contributed by atoms with E-state index in [1.165, 1.54) is 25.3 Å². The molecular weight excluding hydrogens is 763 g/mol. The van der Waals surface area contributed by atoms with Gasteiger partial charge in [0.1, 0.15) is 29.3 Å². The van der Waals surface area contributed by atoms with Crippen molar-refractivity contribution in [2.75, 3.05) is 49.0 Å². The van der Waals surface area contributed by atoms with Gasteiger partial charge in [0.2, 0.25) is 23.7 Å². The highest BCUT2D eigenvalue weighted by molar-refractivity contribution is 6.24. The number of hydrogen-bond donors (Lipinski definition) is 4. The van der Waals surface area contributed by atoms with Crippen LogP contribution in [0.5, 0.6) is 11.5 Å². The maximum Gasteiger partial charge on any atom is 0.266 e. The Hall–Kier alpha value is -6.59. The van der Waals surface area contributed by atoms with Crippen molar-refractivity contribution >= 4 is 64.5 Å². The molecular formula is C41H47N9O9. The maximum absolute atomic E-state index is 13.2. The van der Waals surface area contributed by atoms with Crippen LogP contribution in [0.2, 0.25) is 0 Å². The van der Waals surface area contributed by atoms with Gasteiger partial charge in [0.05, 0.1) is 30.1 Å². The number of piperidine rings is 1. The summed E-state index contributed by atoms with van der Waals surface area (Å²) in [6, 6.07) is 8.26. The van der Waals surface area contributed by atoms with E-state index < -0.39 is 42.2 Å². The average molecular weight is 810 g/mol. The average Bonchev–Trinajstić information content (AvgIpc) is 3.86. The molecule has 7 amide bonds. The van der Waals surface area contributed by atoms with Crippen LogP contribution >= 0.6 is 0 Å². The van der Waals surface area contributed by atoms with E-state index in [2.05, 4.69) is 31.2 Å². The summed E-state index contributed by atoms with van der Waals surface area (Å²) in [5.74, 6) is -1.80. The van der Waals surface area contributed by atoms with Crippen LogP contribution in [0, 0.1) is 0 Å². The molecule has 1 aromatic heterocycles. The smallest absolute Gasteiger partial charge is 0.266 e. The highest BCUT2D eigenvalue weighted by Gasteiger charge is 2.46. The molecule has 2 aromatic carbocycles. The topological polar surface area (TPSA) is 222 Å². The van der Waals surface area contributed by atoms with Gasteiger partial charge in [-0.05, 0) is 68.9 Å². The fraction of sp³-hybridized carbons (Fsp3) is 0.439. The van der Waals surface area contributed by atoms with E-state index in [-0.39, 0.29) is 53.6 Å². The third-order valence-corrected chi connectivity index (χ3v) is 11.1. The monoisotopic (exact) mass is 809 g/mol. The van der Waals surface area contributed by atoms with E-state index in [1.807, 2.05) is 6.92 Å². The Morgan fingerprint density at radius 2 is 1.71 bits per heavy atom. The predicted octanol–water partition coefficient (Wildman–Crippen LogP) is 2.84. The summed E-state index contributed by atoms with van der Waals surface area (Å²) in [5, 5.41) is 11.0. The number of carbonyl (C=O) groups excluding carboxylic acids is 7. The molecule has 0 spiro atoms. The molecule has 4 heterocycles. The lowest BCUT2D eigenvalue weighted by atomic mass is 10.0. The number of nitrogens with zero attached hydrogens (tertiary/aromatic N) is 5. The van der Waals surface area contributed by atoms with Gasteiger partial charge in [0, 0.05) is 38.2 Å². The lowest BCUT2D eigenvalue weighted by Gasteiger charge is -2.43. The fourth-order valence-electron chi connectivity index (χ4n) is 8.08. The number of unbranched alkanes of at least 4 members (excludes halogenated alkanes) is 1. The molecule has 0 bridgehead atoms. The van der Waals surface area contributed by atoms with Crippen LogP contribution in [0.3, 0.4) is 0 Å². The first-order valence-electron chi connectivity index (χ1n) is 19.9. The van der Waals surface area contributed by atoms with Crippen molar-refractivity contribution in [3.05, 3.63) is 59.3 Å². The number of nitrogens with one attached hydrogen (secondary N) is 4. The van der Waals surface area contributed by atoms with Crippen molar-refractivity contribution < 1.29 is 43.0 Å². The highest BCUT2D eigenvalue weighted by atomic mass is 16.5. The molecule has 18 nitrogen and oxygen atoms in total. The maximum atomic E-state index is 13.2. The van der Waals surface area contributed by atoms with Gasteiger partial charge in [-0.15, -0.1) is 0 Å². The zero-order chi connectivity index (χ0) is 41.8. The number of carbonyl (C=O) groups is 7. The number of rotatable bonds is 15. The zero-order valence-electron chi connectivity index (χ0n) is 33.2. The molecule has 1 unspecified atom stereocenters. The SMILES string of the molecule is CC[C@@H]1C(=O)N(C)c2cnc(Nc3ccc(C(=O)NCCCCNC(=O)COc4cccc5c4C(=O)N(C4CCC(=O)NC4=O)C5=O)cc3OC)nc2N1C1CCCC1. The van der Waals surface area contributed by atoms with Gasteiger partial charge < -0.3 is 35.2 Å². The molecule has 0 radical (unpaired) electrons. The number of ether oxygens (including phenoxy) is 2. The number of benzene rings is 2. The molecule has 4 aliphatic rings. The van der Waals surface area contributed by atoms with Gasteiger partial charge in [-0.2, -0.15) is 4.98 Å². The van der Waals surface area contributed by atoms with Crippen LogP contribution in [-0.4, -0.2) is 108 Å². The summed E-state index contributed by atoms with van der Waals surface area (Å²) < 4.78 is 11.2. The van der Waals surface area contributed by atoms with Crippen molar-refractivity contribution in [3.8, 4) is 11.5 Å². The quantitative estimate of drug-likeness (QED) is 0.128. The second-order valence-corrected chi connectivity index (χ2v) is 14.8. The summed E-state index contributed by atoms with van der Waals surface area (Å²) in [6.07, 6.45) is 7.72. The van der Waals surface area contributed by atoms with Crippen molar-refractivity contribution in [2.24, 2.45) is 0 Å². The first kappa shape index (κ1) is 40.6. The summed E-state index contributed by atoms with van der Waals surface area (Å²) >= 11 is 0. The molecule has 4 N–H and O–H groups in total. The zero-order valence-corrected chi connectivity index (χ0v) is 33.2. The summed E-state index contributed by atoms with van der Waals surface area (Å²) in [7, 11) is 3.26. The van der Waals surface area contributed by atoms with E-state index in [0.717, 1.165) is 36.4 Å². The number of fused-ring (bicyclic) bond motifs is 2. The van der Waals surface area contributed by atoms with E-state index >= 15 is 0 Å². The minimum absolute atomic E-state index is 0.00126. The van der Waals surface area contributed by atoms with Gasteiger partial charge in [0.15, 0.2) is 12.4 Å². The van der Waals surface area contributed by atoms with Crippen LogP contribution in [0.15, 0.2) is 42.6 Å². The molecule has 2 atom stereocenters. The van der Waals surface area contributed by atoms with Crippen LogP contribution in [0.25, 0.3) is 0 Å². The summed E-state index contributed by atoms with van der Waals surface area (Å²) in [6.45, 7) is 2.24. The highest BCUT2D eigenvalue weighted by Crippen LogP contribution is 2.40. The lowest BCUT2D eigenvalue weighted by Crippen LogP contribution is -2.55. The number of hydrogen-bond acceptors (Lipinski definition) is 13. The Morgan fingerprint density at radius 1 is 0.949 bits per heavy atom. The van der Waals surface area contributed by atoms with E-state index in [9.17, 15) is 33.6 Å². The van der Waals surface area contributed by atoms with Gasteiger partial charge in [0.25, 0.3) is 23.6 Å². The van der Waals surface area contributed by atoms with Gasteiger partial charge >= 0.3 is 0 Å². The third-order valence-electron chi connectivity index (χ3n) is 11.1. The minimum atomic E-state index is -1.12. The Kier molecular flexibility index (Phi) is 12.0. The molecule has 7 rings (SSSR count). The number of methoxy groups -OCH3 is 1. The van der Waals surface area contributed by atoms with Crippen LogP contribution < -0.4 is 40.5 Å². The van der Waals surface area contributed by atoms with Gasteiger partial charge in [-0.3, -0.25) is 43.8 Å². The second-order valence-electron chi connectivity index (χ2n) is 14.8. The van der Waals surface area contributed by atoms with Crippen LogP contribution in [0.4, 0.5) is 23.1 Å². The van der Waals surface area contributed by atoms with Crippen molar-refractivity contribution in [3.63, 3.8) is 0 Å². The van der Waals surface area contributed by atoms with Crippen molar-refractivity contribution in [2.45, 2.75) is 82.8 Å². The molecule has 59 heavy (non-hydrogen) atoms. The number of imide groups is 2. The predicted molar refractivity (Wildman–Crippen MR) is 214 cm³/mol. The Balaban J connectivity index is 0.871. The molecule has 3 aliphatic heterocycles. The molecule has 3 aromatic rings. The molecule has 1 aliphatic carbocycles. The number of amides is 7.